The highest BCUT2D eigenvalue weighted by atomic mass is 16.5. The summed E-state index contributed by atoms with van der Waals surface area (Å²) in [5.74, 6) is 1.81. The van der Waals surface area contributed by atoms with E-state index in [4.69, 9.17) is 14.0 Å². The van der Waals surface area contributed by atoms with E-state index in [2.05, 4.69) is 15.5 Å². The molecule has 7 nitrogen and oxygen atoms in total. The molecule has 1 aromatic carbocycles. The molecule has 0 radical (unpaired) electrons. The Kier molecular flexibility index (Phi) is 5.35. The standard InChI is InChI=1S/C15H19N3O4/c1-4-20-12-7-6-11(8-13(12)21-5-2)15(19)16-9-14-17-10(3)18-22-14/h6-8H,4-5,9H2,1-3H3,(H,16,19). The van der Waals surface area contributed by atoms with Crippen molar-refractivity contribution in [3.05, 3.63) is 35.5 Å². The number of hydrogen-bond acceptors (Lipinski definition) is 6. The second-order valence-corrected chi connectivity index (χ2v) is 4.45. The maximum atomic E-state index is 12.2. The lowest BCUT2D eigenvalue weighted by molar-refractivity contribution is 0.0945. The summed E-state index contributed by atoms with van der Waals surface area (Å²) < 4.78 is 15.9. The Bertz CT molecular complexity index is 639. The van der Waals surface area contributed by atoms with Crippen LogP contribution in [0, 0.1) is 6.92 Å². The van der Waals surface area contributed by atoms with Crippen molar-refractivity contribution in [3.63, 3.8) is 0 Å². The highest BCUT2D eigenvalue weighted by molar-refractivity contribution is 5.94. The zero-order valence-electron chi connectivity index (χ0n) is 12.9. The monoisotopic (exact) mass is 305 g/mol. The normalized spacial score (nSPS) is 10.3. The third-order valence-corrected chi connectivity index (χ3v) is 2.78. The summed E-state index contributed by atoms with van der Waals surface area (Å²) in [7, 11) is 0. The number of ether oxygens (including phenoxy) is 2. The van der Waals surface area contributed by atoms with Crippen LogP contribution in [0.25, 0.3) is 0 Å². The van der Waals surface area contributed by atoms with Gasteiger partial charge in [0.15, 0.2) is 17.3 Å². The number of benzene rings is 1. The van der Waals surface area contributed by atoms with Crippen LogP contribution in [0.4, 0.5) is 0 Å². The van der Waals surface area contributed by atoms with Crippen LogP contribution < -0.4 is 14.8 Å². The quantitative estimate of drug-likeness (QED) is 0.843. The van der Waals surface area contributed by atoms with E-state index in [-0.39, 0.29) is 12.5 Å². The Balaban J connectivity index is 2.06. The number of amides is 1. The summed E-state index contributed by atoms with van der Waals surface area (Å²) in [4.78, 5) is 16.2. The molecule has 118 valence electrons. The first kappa shape index (κ1) is 15.8. The van der Waals surface area contributed by atoms with E-state index in [1.807, 2.05) is 13.8 Å². The molecule has 0 fully saturated rings. The molecule has 7 heteroatoms. The maximum Gasteiger partial charge on any atom is 0.251 e. The van der Waals surface area contributed by atoms with Crippen LogP contribution in [0.5, 0.6) is 11.5 Å². The van der Waals surface area contributed by atoms with Gasteiger partial charge in [-0.25, -0.2) is 0 Å². The summed E-state index contributed by atoms with van der Waals surface area (Å²) in [5.41, 5.74) is 0.475. The minimum Gasteiger partial charge on any atom is -0.490 e. The molecular formula is C15H19N3O4. The zero-order valence-corrected chi connectivity index (χ0v) is 12.9. The van der Waals surface area contributed by atoms with Crippen molar-refractivity contribution in [2.45, 2.75) is 27.3 Å². The van der Waals surface area contributed by atoms with E-state index >= 15 is 0 Å². The van der Waals surface area contributed by atoms with Gasteiger partial charge >= 0.3 is 0 Å². The van der Waals surface area contributed by atoms with E-state index in [1.165, 1.54) is 0 Å². The number of nitrogens with zero attached hydrogens (tertiary/aromatic N) is 2. The molecule has 0 unspecified atom stereocenters. The minimum atomic E-state index is -0.250. The number of aryl methyl sites for hydroxylation is 1. The summed E-state index contributed by atoms with van der Waals surface area (Å²) in [5, 5.41) is 6.38. The number of carbonyl (C=O) groups excluding carboxylic acids is 1. The smallest absolute Gasteiger partial charge is 0.251 e. The first-order valence-electron chi connectivity index (χ1n) is 7.11. The van der Waals surface area contributed by atoms with Crippen LogP contribution in [0.15, 0.2) is 22.7 Å². The summed E-state index contributed by atoms with van der Waals surface area (Å²) in [6.07, 6.45) is 0. The fraction of sp³-hybridized carbons (Fsp3) is 0.400. The second-order valence-electron chi connectivity index (χ2n) is 4.45. The molecule has 2 aromatic rings. The molecule has 1 aromatic heterocycles. The number of aromatic nitrogens is 2. The molecule has 1 amide bonds. The number of rotatable bonds is 7. The van der Waals surface area contributed by atoms with E-state index in [0.717, 1.165) is 0 Å². The largest absolute Gasteiger partial charge is 0.490 e. The average Bonchev–Trinajstić information content (AvgIpc) is 2.92. The fourth-order valence-electron chi connectivity index (χ4n) is 1.86. The Morgan fingerprint density at radius 3 is 2.59 bits per heavy atom. The number of hydrogen-bond donors (Lipinski definition) is 1. The van der Waals surface area contributed by atoms with Gasteiger partial charge < -0.3 is 19.3 Å². The van der Waals surface area contributed by atoms with Crippen LogP contribution in [0.3, 0.4) is 0 Å². The molecule has 0 atom stereocenters. The molecule has 2 rings (SSSR count). The summed E-state index contributed by atoms with van der Waals surface area (Å²) in [6.45, 7) is 6.68. The van der Waals surface area contributed by atoms with Crippen LogP contribution in [-0.4, -0.2) is 29.3 Å². The van der Waals surface area contributed by atoms with Gasteiger partial charge in [-0.2, -0.15) is 4.98 Å². The van der Waals surface area contributed by atoms with Crippen LogP contribution in [-0.2, 0) is 6.54 Å². The first-order chi connectivity index (χ1) is 10.6. The van der Waals surface area contributed by atoms with Crippen LogP contribution in [0.1, 0.15) is 35.9 Å². The maximum absolute atomic E-state index is 12.2. The van der Waals surface area contributed by atoms with E-state index in [1.54, 1.807) is 25.1 Å². The molecule has 1 N–H and O–H groups in total. The Morgan fingerprint density at radius 1 is 1.23 bits per heavy atom. The zero-order chi connectivity index (χ0) is 15.9. The summed E-state index contributed by atoms with van der Waals surface area (Å²) >= 11 is 0. The van der Waals surface area contributed by atoms with Gasteiger partial charge in [-0.1, -0.05) is 5.16 Å². The average molecular weight is 305 g/mol. The highest BCUT2D eigenvalue weighted by Gasteiger charge is 2.12. The van der Waals surface area contributed by atoms with Gasteiger partial charge in [0.2, 0.25) is 5.89 Å². The first-order valence-corrected chi connectivity index (χ1v) is 7.11. The third-order valence-electron chi connectivity index (χ3n) is 2.78. The van der Waals surface area contributed by atoms with Crippen molar-refractivity contribution in [2.24, 2.45) is 0 Å². The van der Waals surface area contributed by atoms with Crippen molar-refractivity contribution in [1.82, 2.24) is 15.5 Å². The SMILES string of the molecule is CCOc1ccc(C(=O)NCc2nc(C)no2)cc1OCC. The van der Waals surface area contributed by atoms with E-state index in [0.29, 0.717) is 42.0 Å². The third kappa shape index (κ3) is 3.97. The molecule has 22 heavy (non-hydrogen) atoms. The minimum absolute atomic E-state index is 0.177. The number of nitrogens with one attached hydrogen (secondary N) is 1. The molecule has 0 saturated carbocycles. The second kappa shape index (κ2) is 7.44. The molecule has 0 aliphatic rings. The molecule has 1 heterocycles. The fourth-order valence-corrected chi connectivity index (χ4v) is 1.86. The van der Waals surface area contributed by atoms with Crippen molar-refractivity contribution >= 4 is 5.91 Å². The van der Waals surface area contributed by atoms with Crippen LogP contribution >= 0.6 is 0 Å². The molecule has 0 saturated heterocycles. The van der Waals surface area contributed by atoms with Gasteiger partial charge in [-0.05, 0) is 39.0 Å². The van der Waals surface area contributed by atoms with Gasteiger partial charge in [0, 0.05) is 5.56 Å². The Labute approximate surface area is 128 Å². The van der Waals surface area contributed by atoms with Gasteiger partial charge in [0.25, 0.3) is 5.91 Å². The van der Waals surface area contributed by atoms with Crippen LogP contribution in [0.2, 0.25) is 0 Å². The molecule has 0 aliphatic heterocycles. The topological polar surface area (TPSA) is 86.5 Å². The van der Waals surface area contributed by atoms with Crippen molar-refractivity contribution in [2.75, 3.05) is 13.2 Å². The highest BCUT2D eigenvalue weighted by Crippen LogP contribution is 2.28. The lowest BCUT2D eigenvalue weighted by Gasteiger charge is -2.12. The van der Waals surface area contributed by atoms with Crippen molar-refractivity contribution in [3.8, 4) is 11.5 Å². The summed E-state index contributed by atoms with van der Waals surface area (Å²) in [6, 6.07) is 5.06. The van der Waals surface area contributed by atoms with Crippen molar-refractivity contribution in [1.29, 1.82) is 0 Å². The van der Waals surface area contributed by atoms with Crippen molar-refractivity contribution < 1.29 is 18.8 Å². The van der Waals surface area contributed by atoms with E-state index in [9.17, 15) is 4.79 Å². The molecule has 0 aliphatic carbocycles. The lowest BCUT2D eigenvalue weighted by atomic mass is 10.2. The Morgan fingerprint density at radius 2 is 1.95 bits per heavy atom. The predicted molar refractivity (Wildman–Crippen MR) is 79.0 cm³/mol. The number of carbonyl (C=O) groups is 1. The van der Waals surface area contributed by atoms with Gasteiger partial charge in [-0.15, -0.1) is 0 Å². The van der Waals surface area contributed by atoms with E-state index < -0.39 is 0 Å². The molecule has 0 spiro atoms. The Hall–Kier alpha value is -2.57. The molecule has 0 bridgehead atoms. The molecular weight excluding hydrogens is 286 g/mol. The lowest BCUT2D eigenvalue weighted by Crippen LogP contribution is -2.23. The van der Waals surface area contributed by atoms with Gasteiger partial charge in [0.1, 0.15) is 0 Å². The van der Waals surface area contributed by atoms with Gasteiger partial charge in [-0.3, -0.25) is 4.79 Å². The predicted octanol–water partition coefficient (Wildman–Crippen LogP) is 2.11. The van der Waals surface area contributed by atoms with Gasteiger partial charge in [0.05, 0.1) is 19.8 Å².